The highest BCUT2D eigenvalue weighted by Crippen LogP contribution is 2.29. The lowest BCUT2D eigenvalue weighted by atomic mass is 9.98. The monoisotopic (exact) mass is 578 g/mol. The van der Waals surface area contributed by atoms with Gasteiger partial charge in [-0.3, -0.25) is 25.5 Å². The lowest BCUT2D eigenvalue weighted by Gasteiger charge is -2.44. The van der Waals surface area contributed by atoms with Crippen molar-refractivity contribution in [1.82, 2.24) is 31.0 Å². The third-order valence-corrected chi connectivity index (χ3v) is 7.18. The number of benzene rings is 2. The molecule has 0 bridgehead atoms. The van der Waals surface area contributed by atoms with Gasteiger partial charge in [0.15, 0.2) is 11.4 Å². The Morgan fingerprint density at radius 2 is 1.72 bits per heavy atom. The molecule has 1 amide bonds. The number of nitrogens with zero attached hydrogens (tertiary/aromatic N) is 2. The molecule has 0 radical (unpaired) electrons. The van der Waals surface area contributed by atoms with E-state index in [1.54, 1.807) is 58.4 Å². The van der Waals surface area contributed by atoms with E-state index < -0.39 is 35.7 Å². The van der Waals surface area contributed by atoms with Gasteiger partial charge in [-0.1, -0.05) is 41.4 Å². The van der Waals surface area contributed by atoms with E-state index >= 15 is 0 Å². The van der Waals surface area contributed by atoms with E-state index in [2.05, 4.69) is 26.4 Å². The van der Waals surface area contributed by atoms with Crippen LogP contribution in [0.5, 0.6) is 5.88 Å². The molecule has 0 aliphatic carbocycles. The number of para-hydroxylation sites is 1. The molecule has 6 N–H and O–H groups in total. The van der Waals surface area contributed by atoms with E-state index in [9.17, 15) is 19.8 Å². The lowest BCUT2D eigenvalue weighted by Crippen LogP contribution is -2.74. The number of aliphatic hydroxyl groups is 1. The largest absolute Gasteiger partial charge is 0.481 e. The molecule has 2 atom stereocenters. The predicted octanol–water partition coefficient (Wildman–Crippen LogP) is 2.57. The van der Waals surface area contributed by atoms with Crippen molar-refractivity contribution in [3.05, 3.63) is 75.9 Å². The average Bonchev–Trinajstić information content (AvgIpc) is 3.37. The first-order valence-corrected chi connectivity index (χ1v) is 12.8. The van der Waals surface area contributed by atoms with Crippen molar-refractivity contribution < 1.29 is 24.5 Å². The molecule has 0 spiro atoms. The Morgan fingerprint density at radius 1 is 1.05 bits per heavy atom. The summed E-state index contributed by atoms with van der Waals surface area (Å²) in [6.45, 7) is 1.52. The van der Waals surface area contributed by atoms with Gasteiger partial charge in [-0.2, -0.15) is 5.10 Å². The Morgan fingerprint density at radius 3 is 2.31 bits per heavy atom. The van der Waals surface area contributed by atoms with Crippen LogP contribution in [-0.2, 0) is 4.79 Å². The summed E-state index contributed by atoms with van der Waals surface area (Å²) < 4.78 is 7.43. The molecule has 3 rings (SSSR count). The molecular weight excluding hydrogens is 547 g/mol. The van der Waals surface area contributed by atoms with Crippen molar-refractivity contribution in [1.29, 1.82) is 0 Å². The number of aromatic nitrogens is 2. The standard InChI is InChI=1S/C26H32Cl2N6O5/c1-25(29-2,30-3)26(38,31-4)15-39-22-13-21(33-34(22)17-8-6-5-7-9-17)24(37)32-20(14-23(35)36)18-12-16(27)10-11-19(18)28/h5-13,20,29-31,38H,14-15H2,1-4H3,(H,32,37)(H,35,36)/t20-,26-/m0/s1. The maximum absolute atomic E-state index is 13.3. The van der Waals surface area contributed by atoms with Gasteiger partial charge < -0.3 is 20.3 Å². The summed E-state index contributed by atoms with van der Waals surface area (Å²) in [4.78, 5) is 24.9. The van der Waals surface area contributed by atoms with Crippen molar-refractivity contribution in [2.45, 2.75) is 30.8 Å². The molecule has 11 nitrogen and oxygen atoms in total. The Labute approximate surface area is 236 Å². The summed E-state index contributed by atoms with van der Waals surface area (Å²) in [6.07, 6.45) is -0.434. The third kappa shape index (κ3) is 6.88. The van der Waals surface area contributed by atoms with E-state index in [4.69, 9.17) is 27.9 Å². The van der Waals surface area contributed by atoms with Gasteiger partial charge in [0.2, 0.25) is 5.88 Å². The normalized spacial score (nSPS) is 13.9. The number of carboxylic acid groups (broad SMARTS) is 1. The minimum atomic E-state index is -1.58. The van der Waals surface area contributed by atoms with Crippen LogP contribution in [0.1, 0.15) is 35.4 Å². The number of likely N-dealkylation sites (N-methyl/N-ethyl adjacent to an activating group) is 3. The highest BCUT2D eigenvalue weighted by Gasteiger charge is 2.45. The van der Waals surface area contributed by atoms with Crippen LogP contribution < -0.4 is 26.0 Å². The van der Waals surface area contributed by atoms with Crippen LogP contribution in [0, 0.1) is 0 Å². The number of rotatable bonds is 13. The minimum Gasteiger partial charge on any atom is -0.481 e. The maximum Gasteiger partial charge on any atom is 0.305 e. The molecule has 0 saturated carbocycles. The first-order chi connectivity index (χ1) is 18.5. The summed E-state index contributed by atoms with van der Waals surface area (Å²) in [5, 5.41) is 37.4. The fourth-order valence-corrected chi connectivity index (χ4v) is 4.37. The van der Waals surface area contributed by atoms with Gasteiger partial charge in [0.25, 0.3) is 5.91 Å². The molecule has 39 heavy (non-hydrogen) atoms. The molecule has 13 heteroatoms. The number of carbonyl (C=O) groups excluding carboxylic acids is 1. The Hall–Kier alpha value is -3.19. The summed E-state index contributed by atoms with van der Waals surface area (Å²) in [5.41, 5.74) is -1.65. The van der Waals surface area contributed by atoms with Crippen LogP contribution in [0.3, 0.4) is 0 Å². The number of hydrogen-bond donors (Lipinski definition) is 6. The maximum atomic E-state index is 13.3. The van der Waals surface area contributed by atoms with Crippen molar-refractivity contribution in [2.24, 2.45) is 0 Å². The number of carbonyl (C=O) groups is 2. The molecule has 0 aliphatic rings. The van der Waals surface area contributed by atoms with Crippen LogP contribution in [0.2, 0.25) is 10.0 Å². The molecule has 0 aliphatic heterocycles. The molecule has 1 aromatic heterocycles. The number of amides is 1. The number of carboxylic acids is 1. The number of ether oxygens (including phenoxy) is 1. The fourth-order valence-electron chi connectivity index (χ4n) is 3.94. The van der Waals surface area contributed by atoms with Crippen LogP contribution >= 0.6 is 23.2 Å². The fraction of sp³-hybridized carbons (Fsp3) is 0.346. The number of hydrogen-bond acceptors (Lipinski definition) is 8. The predicted molar refractivity (Wildman–Crippen MR) is 149 cm³/mol. The second-order valence-corrected chi connectivity index (χ2v) is 9.77. The van der Waals surface area contributed by atoms with E-state index in [1.807, 2.05) is 6.07 Å². The summed E-state index contributed by atoms with van der Waals surface area (Å²) >= 11 is 12.4. The first kappa shape index (κ1) is 30.4. The summed E-state index contributed by atoms with van der Waals surface area (Å²) in [7, 11) is 4.97. The topological polar surface area (TPSA) is 150 Å². The van der Waals surface area contributed by atoms with Crippen LogP contribution in [0.4, 0.5) is 0 Å². The highest BCUT2D eigenvalue weighted by atomic mass is 35.5. The molecule has 0 fully saturated rings. The van der Waals surface area contributed by atoms with Crippen molar-refractivity contribution in [3.63, 3.8) is 0 Å². The quantitative estimate of drug-likeness (QED) is 0.168. The molecule has 0 unspecified atom stereocenters. The smallest absolute Gasteiger partial charge is 0.305 e. The molecule has 0 saturated heterocycles. The van der Waals surface area contributed by atoms with Gasteiger partial charge in [-0.15, -0.1) is 0 Å². The second-order valence-electron chi connectivity index (χ2n) is 8.93. The van der Waals surface area contributed by atoms with E-state index in [0.29, 0.717) is 16.3 Å². The average molecular weight is 579 g/mol. The van der Waals surface area contributed by atoms with Crippen molar-refractivity contribution >= 4 is 35.1 Å². The summed E-state index contributed by atoms with van der Waals surface area (Å²) in [6, 6.07) is 14.0. The molecule has 2 aromatic carbocycles. The van der Waals surface area contributed by atoms with Crippen LogP contribution in [0.15, 0.2) is 54.6 Å². The van der Waals surface area contributed by atoms with Gasteiger partial charge in [0, 0.05) is 16.1 Å². The zero-order valence-electron chi connectivity index (χ0n) is 22.0. The van der Waals surface area contributed by atoms with E-state index in [-0.39, 0.29) is 23.2 Å². The highest BCUT2D eigenvalue weighted by molar-refractivity contribution is 6.33. The lowest BCUT2D eigenvalue weighted by molar-refractivity contribution is -0.137. The number of halogens is 2. The Balaban J connectivity index is 1.96. The first-order valence-electron chi connectivity index (χ1n) is 12.0. The van der Waals surface area contributed by atoms with Gasteiger partial charge in [0.05, 0.1) is 18.2 Å². The van der Waals surface area contributed by atoms with E-state index in [1.165, 1.54) is 22.9 Å². The molecular formula is C26H32Cl2N6O5. The van der Waals surface area contributed by atoms with E-state index in [0.717, 1.165) is 0 Å². The second kappa shape index (κ2) is 12.8. The molecule has 3 aromatic rings. The van der Waals surface area contributed by atoms with Gasteiger partial charge >= 0.3 is 5.97 Å². The SMILES string of the molecule is CNC(C)(NC)[C@@](O)(COc1cc(C(=O)N[C@@H](CC(=O)O)c2cc(Cl)ccc2Cl)nn1-c1ccccc1)NC. The zero-order valence-corrected chi connectivity index (χ0v) is 23.5. The van der Waals surface area contributed by atoms with Gasteiger partial charge in [-0.25, -0.2) is 4.68 Å². The van der Waals surface area contributed by atoms with Gasteiger partial charge in [0.1, 0.15) is 12.3 Å². The number of nitrogens with one attached hydrogen (secondary N) is 4. The third-order valence-electron chi connectivity index (χ3n) is 6.60. The van der Waals surface area contributed by atoms with Crippen molar-refractivity contribution in [2.75, 3.05) is 27.7 Å². The molecule has 210 valence electrons. The summed E-state index contributed by atoms with van der Waals surface area (Å²) in [5.74, 6) is -1.63. The Bertz CT molecular complexity index is 1300. The van der Waals surface area contributed by atoms with Gasteiger partial charge in [-0.05, 0) is 64.0 Å². The van der Waals surface area contributed by atoms with Crippen LogP contribution in [0.25, 0.3) is 5.69 Å². The molecule has 1 heterocycles. The minimum absolute atomic E-state index is 0.0413. The zero-order chi connectivity index (χ0) is 28.8. The van der Waals surface area contributed by atoms with Crippen molar-refractivity contribution in [3.8, 4) is 11.6 Å². The number of aliphatic carboxylic acids is 1. The van der Waals surface area contributed by atoms with Crippen LogP contribution in [-0.4, -0.2) is 71.0 Å². The Kier molecular flexibility index (Phi) is 9.94.